The summed E-state index contributed by atoms with van der Waals surface area (Å²) in [5.41, 5.74) is 4.09. The highest BCUT2D eigenvalue weighted by Gasteiger charge is 2.11. The van der Waals surface area contributed by atoms with Crippen molar-refractivity contribution in [3.05, 3.63) is 77.3 Å². The zero-order valence-corrected chi connectivity index (χ0v) is 18.0. The maximum atomic E-state index is 12.0. The van der Waals surface area contributed by atoms with Crippen molar-refractivity contribution >= 4 is 34.7 Å². The van der Waals surface area contributed by atoms with E-state index in [0.717, 1.165) is 21.3 Å². The molecule has 0 radical (unpaired) electrons. The smallest absolute Gasteiger partial charge is 0.227 e. The molecule has 0 saturated carbocycles. The highest BCUT2D eigenvalue weighted by atomic mass is 32.2. The van der Waals surface area contributed by atoms with Crippen LogP contribution in [0.5, 0.6) is 0 Å². The van der Waals surface area contributed by atoms with Gasteiger partial charge in [-0.3, -0.25) is 4.79 Å². The molecule has 152 valence electrons. The van der Waals surface area contributed by atoms with E-state index in [1.54, 1.807) is 23.1 Å². The van der Waals surface area contributed by atoms with Crippen LogP contribution in [-0.4, -0.2) is 21.0 Å². The van der Waals surface area contributed by atoms with Gasteiger partial charge in [0.2, 0.25) is 11.8 Å². The molecule has 1 N–H and O–H groups in total. The standard InChI is InChI=1S/C22H20N4O2S2/c1-15-7-9-16(10-8-15)18-13-29-22(24-18)30-14-19-25-21(28-26-19)12-11-20(27)23-17-5-3-2-4-6-17/h2-10,13H,11-12,14H2,1H3,(H,23,27). The Morgan fingerprint density at radius 1 is 1.10 bits per heavy atom. The molecule has 0 fully saturated rings. The lowest BCUT2D eigenvalue weighted by molar-refractivity contribution is -0.116. The third-order valence-electron chi connectivity index (χ3n) is 4.29. The van der Waals surface area contributed by atoms with Gasteiger partial charge < -0.3 is 9.84 Å². The molecule has 0 aliphatic rings. The monoisotopic (exact) mass is 436 g/mol. The number of rotatable bonds is 8. The van der Waals surface area contributed by atoms with Crippen LogP contribution in [-0.2, 0) is 17.0 Å². The van der Waals surface area contributed by atoms with E-state index in [1.807, 2.05) is 30.3 Å². The van der Waals surface area contributed by atoms with Crippen molar-refractivity contribution in [2.24, 2.45) is 0 Å². The predicted molar refractivity (Wildman–Crippen MR) is 120 cm³/mol. The van der Waals surface area contributed by atoms with Crippen LogP contribution in [0.2, 0.25) is 0 Å². The highest BCUT2D eigenvalue weighted by Crippen LogP contribution is 2.30. The minimum atomic E-state index is -0.0817. The van der Waals surface area contributed by atoms with E-state index < -0.39 is 0 Å². The molecule has 0 aliphatic carbocycles. The molecule has 0 bridgehead atoms. The molecular formula is C22H20N4O2S2. The van der Waals surface area contributed by atoms with Crippen LogP contribution in [0.3, 0.4) is 0 Å². The zero-order valence-electron chi connectivity index (χ0n) is 16.4. The SMILES string of the molecule is Cc1ccc(-c2csc(SCc3noc(CCC(=O)Nc4ccccc4)n3)n2)cc1. The van der Waals surface area contributed by atoms with Crippen molar-refractivity contribution < 1.29 is 9.32 Å². The first-order chi connectivity index (χ1) is 14.7. The Kier molecular flexibility index (Phi) is 6.56. The Morgan fingerprint density at radius 3 is 2.70 bits per heavy atom. The summed E-state index contributed by atoms with van der Waals surface area (Å²) < 4.78 is 6.23. The van der Waals surface area contributed by atoms with E-state index in [1.165, 1.54) is 5.56 Å². The number of thioether (sulfide) groups is 1. The molecular weight excluding hydrogens is 416 g/mol. The molecule has 0 unspecified atom stereocenters. The van der Waals surface area contributed by atoms with Crippen LogP contribution in [0.25, 0.3) is 11.3 Å². The summed E-state index contributed by atoms with van der Waals surface area (Å²) in [7, 11) is 0. The molecule has 0 spiro atoms. The van der Waals surface area contributed by atoms with Crippen molar-refractivity contribution in [3.63, 3.8) is 0 Å². The summed E-state index contributed by atoms with van der Waals surface area (Å²) in [5, 5.41) is 8.91. The Morgan fingerprint density at radius 2 is 1.90 bits per heavy atom. The molecule has 1 amide bonds. The number of hydrogen-bond donors (Lipinski definition) is 1. The summed E-state index contributed by atoms with van der Waals surface area (Å²) in [5.74, 6) is 1.56. The van der Waals surface area contributed by atoms with Crippen LogP contribution in [0, 0.1) is 6.92 Å². The number of thiazole rings is 1. The number of anilines is 1. The van der Waals surface area contributed by atoms with Crippen molar-refractivity contribution in [3.8, 4) is 11.3 Å². The van der Waals surface area contributed by atoms with Gasteiger partial charge >= 0.3 is 0 Å². The first-order valence-corrected chi connectivity index (χ1v) is 11.3. The average molecular weight is 437 g/mol. The Balaban J connectivity index is 1.26. The zero-order chi connectivity index (χ0) is 20.8. The molecule has 4 rings (SSSR count). The number of carbonyl (C=O) groups is 1. The minimum Gasteiger partial charge on any atom is -0.339 e. The second kappa shape index (κ2) is 9.69. The summed E-state index contributed by atoms with van der Waals surface area (Å²) in [4.78, 5) is 21.1. The number of aromatic nitrogens is 3. The molecule has 2 heterocycles. The Bertz CT molecular complexity index is 1110. The van der Waals surface area contributed by atoms with Gasteiger partial charge in [0.1, 0.15) is 0 Å². The second-order valence-electron chi connectivity index (χ2n) is 6.67. The van der Waals surface area contributed by atoms with Gasteiger partial charge in [-0.05, 0) is 19.1 Å². The molecule has 6 nitrogen and oxygen atoms in total. The average Bonchev–Trinajstić information content (AvgIpc) is 3.42. The van der Waals surface area contributed by atoms with E-state index >= 15 is 0 Å². The van der Waals surface area contributed by atoms with Crippen molar-refractivity contribution in [1.29, 1.82) is 0 Å². The van der Waals surface area contributed by atoms with Crippen LogP contribution >= 0.6 is 23.1 Å². The molecule has 0 saturated heterocycles. The van der Waals surface area contributed by atoms with Gasteiger partial charge in [-0.15, -0.1) is 11.3 Å². The highest BCUT2D eigenvalue weighted by molar-refractivity contribution is 8.00. The van der Waals surface area contributed by atoms with Gasteiger partial charge in [-0.2, -0.15) is 4.98 Å². The normalized spacial score (nSPS) is 10.8. The summed E-state index contributed by atoms with van der Waals surface area (Å²) in [6, 6.07) is 17.7. The van der Waals surface area contributed by atoms with Crippen LogP contribution in [0.15, 0.2) is 68.8 Å². The fraction of sp³-hybridized carbons (Fsp3) is 0.182. The predicted octanol–water partition coefficient (Wildman–Crippen LogP) is 5.37. The summed E-state index contributed by atoms with van der Waals surface area (Å²) in [6.45, 7) is 2.07. The molecule has 0 atom stereocenters. The van der Waals surface area contributed by atoms with Crippen molar-refractivity contribution in [1.82, 2.24) is 15.1 Å². The Labute approximate surface area is 182 Å². The van der Waals surface area contributed by atoms with E-state index in [4.69, 9.17) is 4.52 Å². The third-order valence-corrected chi connectivity index (χ3v) is 6.31. The molecule has 8 heteroatoms. The fourth-order valence-corrected chi connectivity index (χ4v) is 4.40. The number of para-hydroxylation sites is 1. The van der Waals surface area contributed by atoms with E-state index in [2.05, 4.69) is 57.0 Å². The first kappa shape index (κ1) is 20.3. The number of nitrogens with zero attached hydrogens (tertiary/aromatic N) is 3. The largest absolute Gasteiger partial charge is 0.339 e. The first-order valence-electron chi connectivity index (χ1n) is 9.47. The van der Waals surface area contributed by atoms with E-state index in [-0.39, 0.29) is 12.3 Å². The number of benzene rings is 2. The van der Waals surface area contributed by atoms with Gasteiger partial charge in [-0.25, -0.2) is 4.98 Å². The van der Waals surface area contributed by atoms with Crippen LogP contribution in [0.4, 0.5) is 5.69 Å². The minimum absolute atomic E-state index is 0.0817. The van der Waals surface area contributed by atoms with E-state index in [9.17, 15) is 4.79 Å². The lowest BCUT2D eigenvalue weighted by Gasteiger charge is -2.02. The number of amides is 1. The lowest BCUT2D eigenvalue weighted by atomic mass is 10.1. The van der Waals surface area contributed by atoms with Gasteiger partial charge in [0.25, 0.3) is 0 Å². The molecule has 4 aromatic rings. The Hall–Kier alpha value is -2.97. The molecule has 0 aliphatic heterocycles. The van der Waals surface area contributed by atoms with Gasteiger partial charge in [0.05, 0.1) is 11.4 Å². The van der Waals surface area contributed by atoms with Gasteiger partial charge in [0.15, 0.2) is 10.2 Å². The fourth-order valence-electron chi connectivity index (χ4n) is 2.72. The topological polar surface area (TPSA) is 80.9 Å². The second-order valence-corrected chi connectivity index (χ2v) is 8.75. The quantitative estimate of drug-likeness (QED) is 0.374. The van der Waals surface area contributed by atoms with Gasteiger partial charge in [-0.1, -0.05) is 64.9 Å². The number of hydrogen-bond acceptors (Lipinski definition) is 7. The lowest BCUT2D eigenvalue weighted by Crippen LogP contribution is -2.12. The van der Waals surface area contributed by atoms with Crippen molar-refractivity contribution in [2.45, 2.75) is 29.9 Å². The summed E-state index contributed by atoms with van der Waals surface area (Å²) in [6.07, 6.45) is 0.696. The van der Waals surface area contributed by atoms with Crippen LogP contribution < -0.4 is 5.32 Å². The van der Waals surface area contributed by atoms with E-state index in [0.29, 0.717) is 23.9 Å². The van der Waals surface area contributed by atoms with Crippen molar-refractivity contribution in [2.75, 3.05) is 5.32 Å². The third kappa shape index (κ3) is 5.55. The maximum Gasteiger partial charge on any atom is 0.227 e. The number of carbonyl (C=O) groups excluding carboxylic acids is 1. The summed E-state index contributed by atoms with van der Waals surface area (Å²) >= 11 is 3.18. The number of aryl methyl sites for hydroxylation is 2. The molecule has 30 heavy (non-hydrogen) atoms. The maximum absolute atomic E-state index is 12.0. The number of nitrogens with one attached hydrogen (secondary N) is 1. The molecule has 2 aromatic carbocycles. The molecule has 2 aromatic heterocycles. The van der Waals surface area contributed by atoms with Gasteiger partial charge in [0, 0.05) is 29.5 Å². The van der Waals surface area contributed by atoms with Crippen LogP contribution in [0.1, 0.15) is 23.7 Å².